The number of amides is 2. The summed E-state index contributed by atoms with van der Waals surface area (Å²) in [5.41, 5.74) is 1.09. The highest BCUT2D eigenvalue weighted by Gasteiger charge is 2.37. The molecule has 2 aliphatic rings. The minimum Gasteiger partial charge on any atom is -0.450 e. The van der Waals surface area contributed by atoms with Crippen molar-refractivity contribution in [2.24, 2.45) is 0 Å². The predicted octanol–water partition coefficient (Wildman–Crippen LogP) is 2.30. The summed E-state index contributed by atoms with van der Waals surface area (Å²) >= 11 is 0. The van der Waals surface area contributed by atoms with Gasteiger partial charge in [-0.2, -0.15) is 0 Å². The van der Waals surface area contributed by atoms with Gasteiger partial charge in [0.1, 0.15) is 12.4 Å². The quantitative estimate of drug-likeness (QED) is 0.721. The molecule has 4 rings (SSSR count). The van der Waals surface area contributed by atoms with Crippen molar-refractivity contribution in [3.63, 3.8) is 0 Å². The number of hydrogen-bond donors (Lipinski definition) is 0. The third kappa shape index (κ3) is 3.83. The van der Waals surface area contributed by atoms with Crippen LogP contribution in [0.2, 0.25) is 0 Å². The van der Waals surface area contributed by atoms with Crippen molar-refractivity contribution in [3.8, 4) is 11.1 Å². The molecule has 0 saturated carbocycles. The number of nitrogens with zero attached hydrogens (tertiary/aromatic N) is 3. The fourth-order valence-corrected chi connectivity index (χ4v) is 5.49. The number of carbonyl (C=O) groups excluding carboxylic acids is 2. The Labute approximate surface area is 179 Å². The number of hydrogen-bond acceptors (Lipinski definition) is 5. The van der Waals surface area contributed by atoms with Crippen LogP contribution in [-0.2, 0) is 19.6 Å². The van der Waals surface area contributed by atoms with Crippen LogP contribution in [0.5, 0.6) is 0 Å². The summed E-state index contributed by atoms with van der Waals surface area (Å²) in [6, 6.07) is 10.2. The number of piperazine rings is 1. The molecule has 8 nitrogen and oxygen atoms in total. The number of carbonyl (C=O) groups is 2. The monoisotopic (exact) mass is 447 g/mol. The van der Waals surface area contributed by atoms with Crippen molar-refractivity contribution >= 4 is 27.7 Å². The van der Waals surface area contributed by atoms with Crippen LogP contribution in [0, 0.1) is 5.82 Å². The molecule has 1 fully saturated rings. The number of sulfonamides is 1. The lowest BCUT2D eigenvalue weighted by Gasteiger charge is -2.36. The Morgan fingerprint density at radius 2 is 1.68 bits per heavy atom. The van der Waals surface area contributed by atoms with Crippen molar-refractivity contribution in [1.82, 2.24) is 9.80 Å². The smallest absolute Gasteiger partial charge is 0.409 e. The van der Waals surface area contributed by atoms with E-state index < -0.39 is 28.5 Å². The van der Waals surface area contributed by atoms with E-state index in [2.05, 4.69) is 0 Å². The normalized spacial score (nSPS) is 17.0. The van der Waals surface area contributed by atoms with E-state index in [9.17, 15) is 22.4 Å². The van der Waals surface area contributed by atoms with Gasteiger partial charge in [-0.3, -0.25) is 9.10 Å². The first-order valence-corrected chi connectivity index (χ1v) is 11.4. The minimum absolute atomic E-state index is 0.0352. The maximum Gasteiger partial charge on any atom is 0.409 e. The van der Waals surface area contributed by atoms with Gasteiger partial charge in [-0.25, -0.2) is 17.6 Å². The molecule has 0 unspecified atom stereocenters. The highest BCUT2D eigenvalue weighted by Crippen LogP contribution is 2.43. The van der Waals surface area contributed by atoms with Gasteiger partial charge in [0.25, 0.3) is 10.0 Å². The molecule has 2 heterocycles. The van der Waals surface area contributed by atoms with Crippen LogP contribution >= 0.6 is 0 Å². The molecule has 0 aliphatic carbocycles. The van der Waals surface area contributed by atoms with Crippen LogP contribution in [0.15, 0.2) is 47.4 Å². The second kappa shape index (κ2) is 8.18. The third-order valence-corrected chi connectivity index (χ3v) is 7.23. The second-order valence-electron chi connectivity index (χ2n) is 7.24. The maximum atomic E-state index is 13.9. The van der Waals surface area contributed by atoms with Gasteiger partial charge >= 0.3 is 6.09 Å². The van der Waals surface area contributed by atoms with E-state index in [4.69, 9.17) is 4.74 Å². The average Bonchev–Trinajstić information content (AvgIpc) is 2.77. The predicted molar refractivity (Wildman–Crippen MR) is 112 cm³/mol. The van der Waals surface area contributed by atoms with Gasteiger partial charge in [0.15, 0.2) is 0 Å². The first-order valence-electron chi connectivity index (χ1n) is 9.94. The molecule has 10 heteroatoms. The van der Waals surface area contributed by atoms with E-state index in [0.717, 1.165) is 4.31 Å². The topological polar surface area (TPSA) is 87.2 Å². The van der Waals surface area contributed by atoms with E-state index in [0.29, 0.717) is 24.2 Å². The van der Waals surface area contributed by atoms with Gasteiger partial charge in [0.2, 0.25) is 5.91 Å². The number of ether oxygens (including phenoxy) is 1. The van der Waals surface area contributed by atoms with Gasteiger partial charge in [-0.1, -0.05) is 18.2 Å². The summed E-state index contributed by atoms with van der Waals surface area (Å²) in [7, 11) is -4.00. The summed E-state index contributed by atoms with van der Waals surface area (Å²) in [6.45, 7) is 2.75. The summed E-state index contributed by atoms with van der Waals surface area (Å²) < 4.78 is 46.5. The molecule has 0 spiro atoms. The molecule has 164 valence electrons. The van der Waals surface area contributed by atoms with E-state index in [-0.39, 0.29) is 36.2 Å². The molecule has 2 aromatic carbocycles. The zero-order valence-electron chi connectivity index (χ0n) is 17.0. The van der Waals surface area contributed by atoms with E-state index in [1.54, 1.807) is 25.1 Å². The Bertz CT molecular complexity index is 1130. The van der Waals surface area contributed by atoms with Crippen LogP contribution in [0.4, 0.5) is 14.9 Å². The summed E-state index contributed by atoms with van der Waals surface area (Å²) in [5, 5.41) is 0. The molecule has 0 aromatic heterocycles. The van der Waals surface area contributed by atoms with E-state index in [1.807, 2.05) is 0 Å². The lowest BCUT2D eigenvalue weighted by molar-refractivity contribution is -0.131. The summed E-state index contributed by atoms with van der Waals surface area (Å²) in [6.07, 6.45) is -0.430. The Morgan fingerprint density at radius 1 is 1.00 bits per heavy atom. The lowest BCUT2D eigenvalue weighted by Crippen LogP contribution is -2.53. The number of anilines is 1. The van der Waals surface area contributed by atoms with Crippen LogP contribution < -0.4 is 4.31 Å². The number of fused-ring (bicyclic) bond motifs is 3. The minimum atomic E-state index is -4.00. The molecule has 0 N–H and O–H groups in total. The molecule has 0 bridgehead atoms. The standard InChI is InChI=1S/C21H22FN3O5S/c1-2-30-21(27)24-11-9-23(10-12-24)20(26)14-25-18-8-7-15(22)13-17(18)16-5-3-4-6-19(16)31(25,28)29/h3-8,13H,2,9-12,14H2,1H3. The van der Waals surface area contributed by atoms with E-state index >= 15 is 0 Å². The number of rotatable bonds is 3. The van der Waals surface area contributed by atoms with Crippen molar-refractivity contribution in [2.75, 3.05) is 43.6 Å². The van der Waals surface area contributed by atoms with Crippen molar-refractivity contribution in [3.05, 3.63) is 48.3 Å². The fraction of sp³-hybridized carbons (Fsp3) is 0.333. The number of halogens is 1. The van der Waals surface area contributed by atoms with E-state index in [1.165, 1.54) is 34.1 Å². The molecule has 1 saturated heterocycles. The molecule has 0 radical (unpaired) electrons. The third-order valence-electron chi connectivity index (χ3n) is 5.41. The highest BCUT2D eigenvalue weighted by atomic mass is 32.2. The fourth-order valence-electron chi connectivity index (χ4n) is 3.85. The first-order chi connectivity index (χ1) is 14.8. The Hall–Kier alpha value is -3.14. The van der Waals surface area contributed by atoms with Crippen LogP contribution in [-0.4, -0.2) is 69.5 Å². The molecule has 31 heavy (non-hydrogen) atoms. The summed E-state index contributed by atoms with van der Waals surface area (Å²) in [5.74, 6) is -0.879. The zero-order valence-corrected chi connectivity index (χ0v) is 17.8. The van der Waals surface area contributed by atoms with Crippen LogP contribution in [0.3, 0.4) is 0 Å². The second-order valence-corrected chi connectivity index (χ2v) is 9.07. The molecule has 2 aliphatic heterocycles. The van der Waals surface area contributed by atoms with Gasteiger partial charge < -0.3 is 14.5 Å². The van der Waals surface area contributed by atoms with Gasteiger partial charge in [-0.05, 0) is 31.2 Å². The Morgan fingerprint density at radius 3 is 2.39 bits per heavy atom. The number of benzene rings is 2. The van der Waals surface area contributed by atoms with Gasteiger partial charge in [-0.15, -0.1) is 0 Å². The highest BCUT2D eigenvalue weighted by molar-refractivity contribution is 7.93. The van der Waals surface area contributed by atoms with Crippen molar-refractivity contribution in [2.45, 2.75) is 11.8 Å². The van der Waals surface area contributed by atoms with Gasteiger partial charge in [0.05, 0.1) is 17.2 Å². The van der Waals surface area contributed by atoms with Gasteiger partial charge in [0, 0.05) is 37.3 Å². The average molecular weight is 447 g/mol. The van der Waals surface area contributed by atoms with Crippen LogP contribution in [0.1, 0.15) is 6.92 Å². The van der Waals surface area contributed by atoms with Crippen molar-refractivity contribution in [1.29, 1.82) is 0 Å². The molecular weight excluding hydrogens is 425 g/mol. The molecule has 0 atom stereocenters. The van der Waals surface area contributed by atoms with Crippen LogP contribution in [0.25, 0.3) is 11.1 Å². The summed E-state index contributed by atoms with van der Waals surface area (Å²) in [4.78, 5) is 27.9. The Kier molecular flexibility index (Phi) is 5.57. The lowest BCUT2D eigenvalue weighted by atomic mass is 10.0. The first kappa shape index (κ1) is 21.1. The Balaban J connectivity index is 1.58. The maximum absolute atomic E-state index is 13.9. The zero-order chi connectivity index (χ0) is 22.2. The molecule has 2 amide bonds. The van der Waals surface area contributed by atoms with Crippen molar-refractivity contribution < 1.29 is 27.1 Å². The SMILES string of the molecule is CCOC(=O)N1CCN(C(=O)CN2c3ccc(F)cc3-c3ccccc3S2(=O)=O)CC1. The molecule has 2 aromatic rings. The molecular formula is C21H22FN3O5S. The largest absolute Gasteiger partial charge is 0.450 e.